The van der Waals surface area contributed by atoms with E-state index in [2.05, 4.69) is 10.3 Å². The van der Waals surface area contributed by atoms with Crippen molar-refractivity contribution in [2.45, 2.75) is 46.3 Å². The summed E-state index contributed by atoms with van der Waals surface area (Å²) in [6, 6.07) is 12.2. The average molecular weight is 413 g/mol. The number of esters is 1. The van der Waals surface area contributed by atoms with Crippen molar-refractivity contribution in [3.8, 4) is 5.75 Å². The zero-order valence-corrected chi connectivity index (χ0v) is 17.7. The monoisotopic (exact) mass is 412 g/mol. The van der Waals surface area contributed by atoms with Crippen LogP contribution in [0, 0.1) is 0 Å². The summed E-state index contributed by atoms with van der Waals surface area (Å²) < 4.78 is 11.8. The second-order valence-electron chi connectivity index (χ2n) is 6.97. The van der Waals surface area contributed by atoms with Crippen LogP contribution in [-0.4, -0.2) is 29.1 Å². The van der Waals surface area contributed by atoms with E-state index in [-0.39, 0.29) is 24.1 Å². The molecule has 0 aliphatic rings. The zero-order valence-electron chi connectivity index (χ0n) is 16.9. The van der Waals surface area contributed by atoms with E-state index in [4.69, 9.17) is 9.47 Å². The lowest BCUT2D eigenvalue weighted by Gasteiger charge is -2.13. The number of ether oxygens (including phenoxy) is 2. The van der Waals surface area contributed by atoms with Gasteiger partial charge in [-0.1, -0.05) is 24.3 Å². The van der Waals surface area contributed by atoms with Crippen LogP contribution in [0.4, 0.5) is 5.13 Å². The quantitative estimate of drug-likeness (QED) is 0.534. The molecule has 0 fully saturated rings. The third kappa shape index (κ3) is 5.32. The fourth-order valence-corrected chi connectivity index (χ4v) is 3.48. The van der Waals surface area contributed by atoms with Crippen molar-refractivity contribution in [1.82, 2.24) is 4.98 Å². The molecular formula is C22H24N2O4S. The average Bonchev–Trinajstić information content (AvgIpc) is 3.08. The Bertz CT molecular complexity index is 1030. The molecule has 0 bridgehead atoms. The summed E-state index contributed by atoms with van der Waals surface area (Å²) >= 11 is 1.31. The number of benzene rings is 2. The maximum Gasteiger partial charge on any atom is 0.338 e. The van der Waals surface area contributed by atoms with Gasteiger partial charge in [0.25, 0.3) is 5.91 Å². The van der Waals surface area contributed by atoms with E-state index in [1.54, 1.807) is 50.2 Å². The van der Waals surface area contributed by atoms with Crippen molar-refractivity contribution in [3.05, 3.63) is 53.6 Å². The van der Waals surface area contributed by atoms with Crippen LogP contribution in [0.15, 0.2) is 42.5 Å². The summed E-state index contributed by atoms with van der Waals surface area (Å²) in [5.74, 6) is 0.0155. The number of amides is 1. The van der Waals surface area contributed by atoms with Crippen LogP contribution in [0.3, 0.4) is 0 Å². The molecule has 3 aromatic rings. The molecule has 0 aliphatic heterocycles. The Morgan fingerprint density at radius 1 is 1.10 bits per heavy atom. The smallest absolute Gasteiger partial charge is 0.338 e. The number of fused-ring (bicyclic) bond motifs is 1. The van der Waals surface area contributed by atoms with Crippen molar-refractivity contribution >= 4 is 38.6 Å². The first-order valence-electron chi connectivity index (χ1n) is 9.55. The van der Waals surface area contributed by atoms with Gasteiger partial charge >= 0.3 is 5.97 Å². The van der Waals surface area contributed by atoms with Crippen LogP contribution < -0.4 is 10.1 Å². The maximum atomic E-state index is 12.6. The van der Waals surface area contributed by atoms with Crippen molar-refractivity contribution in [1.29, 1.82) is 0 Å². The predicted molar refractivity (Wildman–Crippen MR) is 115 cm³/mol. The van der Waals surface area contributed by atoms with Crippen LogP contribution in [-0.2, 0) is 4.74 Å². The molecule has 0 aliphatic carbocycles. The first kappa shape index (κ1) is 20.8. The molecule has 0 saturated heterocycles. The number of thiazole rings is 1. The van der Waals surface area contributed by atoms with Crippen LogP contribution >= 0.6 is 11.3 Å². The lowest BCUT2D eigenvalue weighted by atomic mass is 10.2. The summed E-state index contributed by atoms with van der Waals surface area (Å²) in [7, 11) is 0. The molecule has 29 heavy (non-hydrogen) atoms. The number of nitrogens with zero attached hydrogens (tertiary/aromatic N) is 1. The van der Waals surface area contributed by atoms with E-state index in [0.29, 0.717) is 27.5 Å². The molecule has 152 valence electrons. The van der Waals surface area contributed by atoms with Gasteiger partial charge in [0, 0.05) is 5.56 Å². The van der Waals surface area contributed by atoms with Crippen LogP contribution in [0.2, 0.25) is 0 Å². The van der Waals surface area contributed by atoms with Gasteiger partial charge in [0.05, 0.1) is 28.0 Å². The minimum atomic E-state index is -0.376. The van der Waals surface area contributed by atoms with Gasteiger partial charge in [-0.3, -0.25) is 10.1 Å². The second kappa shape index (κ2) is 9.05. The highest BCUT2D eigenvalue weighted by Crippen LogP contribution is 2.28. The number of aromatic nitrogens is 1. The molecule has 3 rings (SSSR count). The molecule has 0 unspecified atom stereocenters. The Morgan fingerprint density at radius 2 is 1.90 bits per heavy atom. The number of nitrogens with one attached hydrogen (secondary N) is 1. The lowest BCUT2D eigenvalue weighted by molar-refractivity contribution is 0.0378. The highest BCUT2D eigenvalue weighted by molar-refractivity contribution is 7.22. The van der Waals surface area contributed by atoms with Crippen LogP contribution in [0.1, 0.15) is 54.8 Å². The molecule has 2 aromatic carbocycles. The lowest BCUT2D eigenvalue weighted by Crippen LogP contribution is -2.13. The first-order valence-corrected chi connectivity index (χ1v) is 10.4. The molecule has 0 saturated carbocycles. The molecule has 1 atom stereocenters. The molecule has 6 nitrogen and oxygen atoms in total. The number of rotatable bonds is 7. The van der Waals surface area contributed by atoms with E-state index >= 15 is 0 Å². The number of carbonyl (C=O) groups excluding carboxylic acids is 2. The molecule has 1 amide bonds. The van der Waals surface area contributed by atoms with Crippen molar-refractivity contribution < 1.29 is 19.1 Å². The van der Waals surface area contributed by atoms with Gasteiger partial charge in [-0.15, -0.1) is 0 Å². The largest absolute Gasteiger partial charge is 0.491 e. The summed E-state index contributed by atoms with van der Waals surface area (Å²) in [4.78, 5) is 29.1. The van der Waals surface area contributed by atoms with Crippen LogP contribution in [0.25, 0.3) is 10.2 Å². The second-order valence-corrected chi connectivity index (χ2v) is 8.00. The molecular weight excluding hydrogens is 388 g/mol. The van der Waals surface area contributed by atoms with Gasteiger partial charge in [0.2, 0.25) is 0 Å². The summed E-state index contributed by atoms with van der Waals surface area (Å²) in [5, 5.41) is 3.29. The third-order valence-electron chi connectivity index (χ3n) is 4.20. The Morgan fingerprint density at radius 3 is 2.62 bits per heavy atom. The number of hydrogen-bond acceptors (Lipinski definition) is 6. The number of carbonyl (C=O) groups is 2. The normalized spacial score (nSPS) is 12.0. The molecule has 1 N–H and O–H groups in total. The number of anilines is 1. The zero-order chi connectivity index (χ0) is 21.0. The molecule has 1 aromatic heterocycles. The minimum Gasteiger partial charge on any atom is -0.491 e. The molecule has 1 heterocycles. The summed E-state index contributed by atoms with van der Waals surface area (Å²) in [6.45, 7) is 7.64. The summed E-state index contributed by atoms with van der Waals surface area (Å²) in [5.41, 5.74) is 1.66. The van der Waals surface area contributed by atoms with E-state index in [1.165, 1.54) is 11.3 Å². The fourth-order valence-electron chi connectivity index (χ4n) is 2.58. The minimum absolute atomic E-state index is 0.0779. The van der Waals surface area contributed by atoms with E-state index in [1.807, 2.05) is 19.9 Å². The predicted octanol–water partition coefficient (Wildman–Crippen LogP) is 5.29. The first-order chi connectivity index (χ1) is 13.9. The SMILES string of the molecule is CC[C@@H](C)Oc1cccc(C(=O)Nc2nc3ccc(C(=O)OC(C)C)cc3s2)c1. The molecule has 0 spiro atoms. The number of hydrogen-bond donors (Lipinski definition) is 1. The highest BCUT2D eigenvalue weighted by atomic mass is 32.1. The van der Waals surface area contributed by atoms with E-state index in [9.17, 15) is 9.59 Å². The van der Waals surface area contributed by atoms with Gasteiger partial charge in [-0.25, -0.2) is 9.78 Å². The van der Waals surface area contributed by atoms with Gasteiger partial charge in [-0.2, -0.15) is 0 Å². The highest BCUT2D eigenvalue weighted by Gasteiger charge is 2.14. The van der Waals surface area contributed by atoms with Gasteiger partial charge < -0.3 is 9.47 Å². The van der Waals surface area contributed by atoms with Crippen molar-refractivity contribution in [2.75, 3.05) is 5.32 Å². The Labute approximate surface area is 173 Å². The topological polar surface area (TPSA) is 77.5 Å². The van der Waals surface area contributed by atoms with E-state index < -0.39 is 0 Å². The Hall–Kier alpha value is -2.93. The standard InChI is InChI=1S/C22H24N2O4S/c1-5-14(4)28-17-8-6-7-15(11-17)20(25)24-22-23-18-10-9-16(12-19(18)29-22)21(26)27-13(2)3/h6-14H,5H2,1-4H3,(H,23,24,25)/t14-/m1/s1. The van der Waals surface area contributed by atoms with E-state index in [0.717, 1.165) is 11.1 Å². The van der Waals surface area contributed by atoms with Gasteiger partial charge in [0.1, 0.15) is 5.75 Å². The third-order valence-corrected chi connectivity index (χ3v) is 5.13. The van der Waals surface area contributed by atoms with Crippen molar-refractivity contribution in [2.24, 2.45) is 0 Å². The Kier molecular flexibility index (Phi) is 6.49. The molecule has 0 radical (unpaired) electrons. The fraction of sp³-hybridized carbons (Fsp3) is 0.318. The summed E-state index contributed by atoms with van der Waals surface area (Å²) in [6.07, 6.45) is 0.776. The Balaban J connectivity index is 1.75. The van der Waals surface area contributed by atoms with Crippen molar-refractivity contribution in [3.63, 3.8) is 0 Å². The van der Waals surface area contributed by atoms with Gasteiger partial charge in [-0.05, 0) is 63.6 Å². The maximum absolute atomic E-state index is 12.6. The van der Waals surface area contributed by atoms with Crippen LogP contribution in [0.5, 0.6) is 5.75 Å². The molecule has 7 heteroatoms. The van der Waals surface area contributed by atoms with Gasteiger partial charge in [0.15, 0.2) is 5.13 Å².